The molecular weight excluding hydrogens is 360 g/mol. The molecule has 4 rings (SSSR count). The normalized spacial score (nSPS) is 11.3. The Labute approximate surface area is 139 Å². The van der Waals surface area contributed by atoms with E-state index in [1.165, 1.54) is 30.0 Å². The number of rotatable bonds is 2. The predicted octanol–water partition coefficient (Wildman–Crippen LogP) is 6.97. The van der Waals surface area contributed by atoms with Gasteiger partial charge < -0.3 is 0 Å². The molecule has 0 nitrogen and oxygen atoms in total. The number of halogens is 1. The van der Waals surface area contributed by atoms with Crippen molar-refractivity contribution in [2.75, 3.05) is 0 Å². The van der Waals surface area contributed by atoms with Gasteiger partial charge in [0.25, 0.3) is 0 Å². The van der Waals surface area contributed by atoms with Gasteiger partial charge in [-0.25, -0.2) is 0 Å². The summed E-state index contributed by atoms with van der Waals surface area (Å²) >= 11 is 7.28. The lowest BCUT2D eigenvalue weighted by Gasteiger charge is -2.04. The highest BCUT2D eigenvalue weighted by Gasteiger charge is 2.07. The SMILES string of the molecule is Brc1ccccc1Sc1ccc2sc3ccccc3c2c1. The van der Waals surface area contributed by atoms with Crippen LogP contribution < -0.4 is 0 Å². The average Bonchev–Trinajstić information content (AvgIpc) is 2.88. The van der Waals surface area contributed by atoms with Gasteiger partial charge in [-0.3, -0.25) is 0 Å². The highest BCUT2D eigenvalue weighted by atomic mass is 79.9. The smallest absolute Gasteiger partial charge is 0.0356 e. The van der Waals surface area contributed by atoms with Crippen molar-refractivity contribution in [3.8, 4) is 0 Å². The third kappa shape index (κ3) is 2.50. The summed E-state index contributed by atoms with van der Waals surface area (Å²) in [6.45, 7) is 0. The third-order valence-corrected chi connectivity index (χ3v) is 6.58. The molecule has 21 heavy (non-hydrogen) atoms. The first-order valence-corrected chi connectivity index (χ1v) is 9.07. The van der Waals surface area contributed by atoms with Crippen molar-refractivity contribution in [3.05, 3.63) is 71.2 Å². The van der Waals surface area contributed by atoms with E-state index in [1.807, 2.05) is 17.4 Å². The van der Waals surface area contributed by atoms with Gasteiger partial charge >= 0.3 is 0 Å². The highest BCUT2D eigenvalue weighted by Crippen LogP contribution is 2.39. The van der Waals surface area contributed by atoms with Crippen molar-refractivity contribution < 1.29 is 0 Å². The lowest BCUT2D eigenvalue weighted by molar-refractivity contribution is 1.38. The molecule has 0 spiro atoms. The number of thiophene rings is 1. The fourth-order valence-corrected chi connectivity index (χ4v) is 4.92. The van der Waals surface area contributed by atoms with Crippen molar-refractivity contribution >= 4 is 59.2 Å². The molecule has 3 aromatic carbocycles. The molecule has 0 unspecified atom stereocenters. The topological polar surface area (TPSA) is 0 Å². The maximum Gasteiger partial charge on any atom is 0.0356 e. The highest BCUT2D eigenvalue weighted by molar-refractivity contribution is 9.10. The Balaban J connectivity index is 1.83. The Kier molecular flexibility index (Phi) is 3.49. The summed E-state index contributed by atoms with van der Waals surface area (Å²) in [6, 6.07) is 23.7. The molecule has 0 N–H and O–H groups in total. The van der Waals surface area contributed by atoms with Crippen LogP contribution in [0.5, 0.6) is 0 Å². The molecule has 0 saturated heterocycles. The minimum Gasteiger partial charge on any atom is -0.135 e. The van der Waals surface area contributed by atoms with Crippen LogP contribution in [-0.2, 0) is 0 Å². The largest absolute Gasteiger partial charge is 0.135 e. The lowest BCUT2D eigenvalue weighted by Crippen LogP contribution is -1.75. The average molecular weight is 371 g/mol. The summed E-state index contributed by atoms with van der Waals surface area (Å²) in [5.74, 6) is 0. The molecule has 0 atom stereocenters. The zero-order valence-electron chi connectivity index (χ0n) is 11.0. The summed E-state index contributed by atoms with van der Waals surface area (Å²) in [5, 5.41) is 2.71. The Morgan fingerprint density at radius 1 is 0.762 bits per heavy atom. The second kappa shape index (κ2) is 5.48. The van der Waals surface area contributed by atoms with Crippen LogP contribution in [-0.4, -0.2) is 0 Å². The van der Waals surface area contributed by atoms with E-state index in [0.29, 0.717) is 0 Å². The molecule has 1 heterocycles. The first-order chi connectivity index (χ1) is 10.3. The van der Waals surface area contributed by atoms with Gasteiger partial charge in [0.05, 0.1) is 0 Å². The Morgan fingerprint density at radius 2 is 1.52 bits per heavy atom. The second-order valence-electron chi connectivity index (χ2n) is 4.79. The molecule has 0 radical (unpaired) electrons. The van der Waals surface area contributed by atoms with Crippen LogP contribution in [0.4, 0.5) is 0 Å². The van der Waals surface area contributed by atoms with Crippen LogP contribution in [0.2, 0.25) is 0 Å². The van der Waals surface area contributed by atoms with Crippen LogP contribution in [0.1, 0.15) is 0 Å². The summed E-state index contributed by atoms with van der Waals surface area (Å²) in [6.07, 6.45) is 0. The van der Waals surface area contributed by atoms with E-state index >= 15 is 0 Å². The zero-order valence-corrected chi connectivity index (χ0v) is 14.3. The lowest BCUT2D eigenvalue weighted by atomic mass is 10.1. The van der Waals surface area contributed by atoms with Crippen molar-refractivity contribution in [1.29, 1.82) is 0 Å². The first kappa shape index (κ1) is 13.4. The van der Waals surface area contributed by atoms with Crippen molar-refractivity contribution in [2.24, 2.45) is 0 Å². The van der Waals surface area contributed by atoms with Crippen LogP contribution in [0.3, 0.4) is 0 Å². The van der Waals surface area contributed by atoms with E-state index in [2.05, 4.69) is 76.6 Å². The molecule has 0 bridgehead atoms. The second-order valence-corrected chi connectivity index (χ2v) is 7.84. The standard InChI is InChI=1S/C18H11BrS2/c19-15-6-2-4-8-18(15)20-12-9-10-17-14(11-12)13-5-1-3-7-16(13)21-17/h1-11H. The monoisotopic (exact) mass is 370 g/mol. The van der Waals surface area contributed by atoms with Crippen molar-refractivity contribution in [3.63, 3.8) is 0 Å². The van der Waals surface area contributed by atoms with E-state index in [1.54, 1.807) is 11.8 Å². The van der Waals surface area contributed by atoms with Gasteiger partial charge in [-0.1, -0.05) is 42.1 Å². The van der Waals surface area contributed by atoms with Gasteiger partial charge in [0.15, 0.2) is 0 Å². The number of hydrogen-bond acceptors (Lipinski definition) is 2. The molecule has 0 amide bonds. The van der Waals surface area contributed by atoms with Crippen LogP contribution in [0.15, 0.2) is 81.0 Å². The fourth-order valence-electron chi connectivity index (χ4n) is 2.42. The van der Waals surface area contributed by atoms with Crippen LogP contribution in [0.25, 0.3) is 20.2 Å². The number of benzene rings is 3. The van der Waals surface area contributed by atoms with Gasteiger partial charge in [0, 0.05) is 34.4 Å². The molecule has 102 valence electrons. The summed E-state index contributed by atoms with van der Waals surface area (Å²) in [7, 11) is 0. The van der Waals surface area contributed by atoms with Crippen LogP contribution in [0, 0.1) is 0 Å². The van der Waals surface area contributed by atoms with Gasteiger partial charge in [-0.15, -0.1) is 11.3 Å². The Morgan fingerprint density at radius 3 is 2.43 bits per heavy atom. The number of hydrogen-bond donors (Lipinski definition) is 0. The Hall–Kier alpha value is -1.29. The molecule has 4 aromatic rings. The summed E-state index contributed by atoms with van der Waals surface area (Å²) in [4.78, 5) is 2.52. The van der Waals surface area contributed by atoms with Crippen LogP contribution >= 0.6 is 39.0 Å². The molecule has 3 heteroatoms. The van der Waals surface area contributed by atoms with E-state index in [0.717, 1.165) is 4.47 Å². The maximum atomic E-state index is 3.62. The van der Waals surface area contributed by atoms with Crippen molar-refractivity contribution in [2.45, 2.75) is 9.79 Å². The summed E-state index contributed by atoms with van der Waals surface area (Å²) in [5.41, 5.74) is 0. The minimum absolute atomic E-state index is 1.14. The predicted molar refractivity (Wildman–Crippen MR) is 97.6 cm³/mol. The zero-order chi connectivity index (χ0) is 14.2. The molecule has 1 aromatic heterocycles. The van der Waals surface area contributed by atoms with Gasteiger partial charge in [-0.05, 0) is 52.3 Å². The van der Waals surface area contributed by atoms with Gasteiger partial charge in [-0.2, -0.15) is 0 Å². The molecule has 0 fully saturated rings. The Bertz CT molecular complexity index is 940. The fraction of sp³-hybridized carbons (Fsp3) is 0. The molecular formula is C18H11BrS2. The third-order valence-electron chi connectivity index (χ3n) is 3.41. The number of fused-ring (bicyclic) bond motifs is 3. The summed E-state index contributed by atoms with van der Waals surface area (Å²) < 4.78 is 3.86. The van der Waals surface area contributed by atoms with E-state index in [4.69, 9.17) is 0 Å². The molecule has 0 aliphatic carbocycles. The minimum atomic E-state index is 1.14. The van der Waals surface area contributed by atoms with Crippen molar-refractivity contribution in [1.82, 2.24) is 0 Å². The van der Waals surface area contributed by atoms with Gasteiger partial charge in [0.1, 0.15) is 0 Å². The quantitative estimate of drug-likeness (QED) is 0.367. The van der Waals surface area contributed by atoms with E-state index in [-0.39, 0.29) is 0 Å². The van der Waals surface area contributed by atoms with Gasteiger partial charge in [0.2, 0.25) is 0 Å². The molecule has 0 saturated carbocycles. The molecule has 0 aliphatic heterocycles. The first-order valence-electron chi connectivity index (χ1n) is 6.65. The molecule has 0 aliphatic rings. The van der Waals surface area contributed by atoms with E-state index < -0.39 is 0 Å². The van der Waals surface area contributed by atoms with E-state index in [9.17, 15) is 0 Å². The maximum absolute atomic E-state index is 3.62.